The molecule has 0 fully saturated rings. The Morgan fingerprint density at radius 3 is 2.85 bits per heavy atom. The first kappa shape index (κ1) is 19.2. The summed E-state index contributed by atoms with van der Waals surface area (Å²) in [6.07, 6.45) is 3.04. The number of aryl methyl sites for hydroxylation is 1. The molecule has 1 N–H and O–H groups in total. The summed E-state index contributed by atoms with van der Waals surface area (Å²) < 4.78 is 1.12. The summed E-state index contributed by atoms with van der Waals surface area (Å²) in [7, 11) is 0. The number of nitrogens with one attached hydrogen (secondary N) is 1. The number of nitriles is 1. The molecule has 134 valence electrons. The van der Waals surface area contributed by atoms with Crippen molar-refractivity contribution in [3.63, 3.8) is 0 Å². The van der Waals surface area contributed by atoms with E-state index in [1.165, 1.54) is 17.3 Å². The zero-order valence-electron chi connectivity index (χ0n) is 14.8. The molecule has 0 aliphatic heterocycles. The second-order valence-electron chi connectivity index (χ2n) is 6.66. The number of anilines is 1. The lowest BCUT2D eigenvalue weighted by Crippen LogP contribution is -2.23. The number of aromatic nitrogens is 1. The molecule has 1 aliphatic carbocycles. The SMILES string of the molecule is CC1CCc2nc(SC(C)C(=O)Nc3ccc(I)cc3)c(C#N)cc2C1. The summed E-state index contributed by atoms with van der Waals surface area (Å²) in [5.74, 6) is 0.543. The fraction of sp³-hybridized carbons (Fsp3) is 0.350. The lowest BCUT2D eigenvalue weighted by molar-refractivity contribution is -0.115. The molecule has 2 unspecified atom stereocenters. The molecular weight excluding hydrogens is 457 g/mol. The smallest absolute Gasteiger partial charge is 0.237 e. The molecule has 0 saturated heterocycles. The number of hydrogen-bond acceptors (Lipinski definition) is 4. The highest BCUT2D eigenvalue weighted by Gasteiger charge is 2.22. The van der Waals surface area contributed by atoms with Crippen LogP contribution in [0.1, 0.15) is 37.1 Å². The third kappa shape index (κ3) is 4.57. The van der Waals surface area contributed by atoms with Crippen LogP contribution in [0.4, 0.5) is 5.69 Å². The van der Waals surface area contributed by atoms with E-state index in [1.807, 2.05) is 37.3 Å². The van der Waals surface area contributed by atoms with Crippen LogP contribution in [0.5, 0.6) is 0 Å². The number of benzene rings is 1. The molecule has 4 nitrogen and oxygen atoms in total. The Kier molecular flexibility index (Phi) is 6.20. The van der Waals surface area contributed by atoms with Gasteiger partial charge in [0.25, 0.3) is 0 Å². The average molecular weight is 477 g/mol. The number of nitrogens with zero attached hydrogens (tertiary/aromatic N) is 2. The lowest BCUT2D eigenvalue weighted by Gasteiger charge is -2.22. The monoisotopic (exact) mass is 477 g/mol. The van der Waals surface area contributed by atoms with Crippen molar-refractivity contribution >= 4 is 45.9 Å². The zero-order chi connectivity index (χ0) is 18.7. The molecule has 2 aromatic rings. The van der Waals surface area contributed by atoms with Crippen LogP contribution in [-0.2, 0) is 17.6 Å². The molecule has 1 aromatic heterocycles. The topological polar surface area (TPSA) is 65.8 Å². The molecule has 0 radical (unpaired) electrons. The van der Waals surface area contributed by atoms with Crippen molar-refractivity contribution in [1.29, 1.82) is 5.26 Å². The van der Waals surface area contributed by atoms with Crippen molar-refractivity contribution in [2.24, 2.45) is 5.92 Å². The van der Waals surface area contributed by atoms with Crippen LogP contribution in [-0.4, -0.2) is 16.1 Å². The zero-order valence-corrected chi connectivity index (χ0v) is 17.7. The number of fused-ring (bicyclic) bond motifs is 1. The number of carbonyl (C=O) groups is 1. The predicted octanol–water partition coefficient (Wildman–Crippen LogP) is 4.80. The van der Waals surface area contributed by atoms with Crippen LogP contribution in [0.2, 0.25) is 0 Å². The van der Waals surface area contributed by atoms with E-state index in [1.54, 1.807) is 0 Å². The molecule has 0 bridgehead atoms. The molecule has 1 heterocycles. The van der Waals surface area contributed by atoms with Gasteiger partial charge in [0.05, 0.1) is 10.8 Å². The fourth-order valence-corrected chi connectivity index (χ4v) is 4.25. The molecule has 2 atom stereocenters. The molecule has 1 aliphatic rings. The molecule has 3 rings (SSSR count). The fourth-order valence-electron chi connectivity index (χ4n) is 3.00. The highest BCUT2D eigenvalue weighted by Crippen LogP contribution is 2.31. The summed E-state index contributed by atoms with van der Waals surface area (Å²) in [5, 5.41) is 12.7. The quantitative estimate of drug-likeness (QED) is 0.508. The molecule has 1 amide bonds. The molecular formula is C20H20IN3OS. The van der Waals surface area contributed by atoms with Gasteiger partial charge in [0.1, 0.15) is 11.1 Å². The molecule has 1 aromatic carbocycles. The predicted molar refractivity (Wildman–Crippen MR) is 113 cm³/mol. The Balaban J connectivity index is 1.74. The summed E-state index contributed by atoms with van der Waals surface area (Å²) in [6, 6.07) is 11.9. The van der Waals surface area contributed by atoms with E-state index in [-0.39, 0.29) is 11.2 Å². The average Bonchev–Trinajstić information content (AvgIpc) is 2.63. The summed E-state index contributed by atoms with van der Waals surface area (Å²) in [4.78, 5) is 17.2. The van der Waals surface area contributed by atoms with E-state index in [2.05, 4.69) is 40.9 Å². The summed E-state index contributed by atoms with van der Waals surface area (Å²) >= 11 is 3.58. The Bertz CT molecular complexity index is 861. The second kappa shape index (κ2) is 8.40. The first-order valence-electron chi connectivity index (χ1n) is 8.62. The number of carbonyl (C=O) groups excluding carboxylic acids is 1. The van der Waals surface area contributed by atoms with Crippen LogP contribution < -0.4 is 5.32 Å². The molecule has 0 saturated carbocycles. The maximum Gasteiger partial charge on any atom is 0.237 e. The number of amides is 1. The Morgan fingerprint density at radius 2 is 2.15 bits per heavy atom. The third-order valence-electron chi connectivity index (χ3n) is 4.49. The third-order valence-corrected chi connectivity index (χ3v) is 6.31. The minimum absolute atomic E-state index is 0.0896. The number of thioether (sulfide) groups is 1. The van der Waals surface area contributed by atoms with Gasteiger partial charge in [0.2, 0.25) is 5.91 Å². The van der Waals surface area contributed by atoms with Gasteiger partial charge in [-0.05, 0) is 90.6 Å². The van der Waals surface area contributed by atoms with Gasteiger partial charge in [0.15, 0.2) is 0 Å². The molecule has 0 spiro atoms. The maximum atomic E-state index is 12.5. The van der Waals surface area contributed by atoms with Gasteiger partial charge in [-0.25, -0.2) is 4.98 Å². The van der Waals surface area contributed by atoms with Gasteiger partial charge < -0.3 is 5.32 Å². The van der Waals surface area contributed by atoms with Crippen LogP contribution in [0, 0.1) is 20.8 Å². The van der Waals surface area contributed by atoms with Crippen LogP contribution in [0.3, 0.4) is 0 Å². The highest BCUT2D eigenvalue weighted by molar-refractivity contribution is 14.1. The van der Waals surface area contributed by atoms with Crippen molar-refractivity contribution in [3.8, 4) is 6.07 Å². The van der Waals surface area contributed by atoms with Gasteiger partial charge in [-0.3, -0.25) is 4.79 Å². The van der Waals surface area contributed by atoms with E-state index in [9.17, 15) is 10.1 Å². The van der Waals surface area contributed by atoms with Crippen LogP contribution >= 0.6 is 34.4 Å². The van der Waals surface area contributed by atoms with Gasteiger partial charge in [-0.15, -0.1) is 0 Å². The number of halogens is 1. The Morgan fingerprint density at radius 1 is 1.42 bits per heavy atom. The van der Waals surface area contributed by atoms with E-state index in [0.717, 1.165) is 34.2 Å². The number of hydrogen-bond donors (Lipinski definition) is 1. The van der Waals surface area contributed by atoms with Crippen LogP contribution in [0.15, 0.2) is 35.4 Å². The Labute approximate surface area is 171 Å². The minimum Gasteiger partial charge on any atom is -0.325 e. The van der Waals surface area contributed by atoms with Crippen molar-refractivity contribution in [2.75, 3.05) is 5.32 Å². The van der Waals surface area contributed by atoms with Gasteiger partial charge in [-0.1, -0.05) is 18.7 Å². The summed E-state index contributed by atoms with van der Waals surface area (Å²) in [5.41, 5.74) is 3.60. The maximum absolute atomic E-state index is 12.5. The lowest BCUT2D eigenvalue weighted by atomic mass is 9.87. The van der Waals surface area contributed by atoms with E-state index < -0.39 is 0 Å². The molecule has 6 heteroatoms. The van der Waals surface area contributed by atoms with E-state index in [4.69, 9.17) is 4.98 Å². The molecule has 26 heavy (non-hydrogen) atoms. The van der Waals surface area contributed by atoms with Crippen molar-refractivity contribution < 1.29 is 4.79 Å². The van der Waals surface area contributed by atoms with Gasteiger partial charge in [-0.2, -0.15) is 5.26 Å². The summed E-state index contributed by atoms with van der Waals surface area (Å²) in [6.45, 7) is 4.08. The van der Waals surface area contributed by atoms with Crippen LogP contribution in [0.25, 0.3) is 0 Å². The van der Waals surface area contributed by atoms with Gasteiger partial charge >= 0.3 is 0 Å². The Hall–Kier alpha value is -1.59. The first-order valence-corrected chi connectivity index (χ1v) is 10.6. The second-order valence-corrected chi connectivity index (χ2v) is 9.24. The van der Waals surface area contributed by atoms with Gasteiger partial charge in [0, 0.05) is 15.0 Å². The number of rotatable bonds is 4. The van der Waals surface area contributed by atoms with Crippen molar-refractivity contribution in [2.45, 2.75) is 43.4 Å². The van der Waals surface area contributed by atoms with Crippen molar-refractivity contribution in [3.05, 3.63) is 50.7 Å². The number of pyridine rings is 1. The van der Waals surface area contributed by atoms with E-state index in [0.29, 0.717) is 16.5 Å². The normalized spacial score (nSPS) is 17.1. The largest absolute Gasteiger partial charge is 0.325 e. The standard InChI is InChI=1S/C20H20IN3OS/c1-12-3-8-18-14(9-12)10-15(11-22)20(24-18)26-13(2)19(25)23-17-6-4-16(21)5-7-17/h4-7,10,12-13H,3,8-9H2,1-2H3,(H,23,25). The highest BCUT2D eigenvalue weighted by atomic mass is 127. The van der Waals surface area contributed by atoms with E-state index >= 15 is 0 Å². The minimum atomic E-state index is -0.338. The first-order chi connectivity index (χ1) is 12.5. The van der Waals surface area contributed by atoms with Crippen molar-refractivity contribution in [1.82, 2.24) is 4.98 Å².